The largest absolute Gasteiger partial charge is 0.493 e. The van der Waals surface area contributed by atoms with E-state index in [0.717, 1.165) is 15.6 Å². The third-order valence-electron chi connectivity index (χ3n) is 2.59. The van der Waals surface area contributed by atoms with Gasteiger partial charge in [0.05, 0.1) is 21.3 Å². The zero-order valence-electron chi connectivity index (χ0n) is 10.3. The Labute approximate surface area is 118 Å². The fourth-order valence-corrected chi connectivity index (χ4v) is 3.26. The van der Waals surface area contributed by atoms with E-state index in [2.05, 4.69) is 21.3 Å². The highest BCUT2D eigenvalue weighted by atomic mass is 79.9. The molecule has 0 spiro atoms. The summed E-state index contributed by atoms with van der Waals surface area (Å²) in [6.45, 7) is 0. The minimum Gasteiger partial charge on any atom is -0.493 e. The van der Waals surface area contributed by atoms with E-state index in [1.54, 1.807) is 32.7 Å². The van der Waals surface area contributed by atoms with Gasteiger partial charge in [0.25, 0.3) is 0 Å². The molecule has 0 aliphatic heterocycles. The Hall–Kier alpha value is -1.20. The van der Waals surface area contributed by atoms with Gasteiger partial charge in [-0.05, 0) is 39.0 Å². The van der Waals surface area contributed by atoms with Gasteiger partial charge in [-0.15, -0.1) is 0 Å². The highest BCUT2D eigenvalue weighted by Gasteiger charge is 2.15. The first-order chi connectivity index (χ1) is 8.71. The smallest absolute Gasteiger partial charge is 0.203 e. The first-order valence-electron chi connectivity index (χ1n) is 5.23. The van der Waals surface area contributed by atoms with Crippen LogP contribution in [0.25, 0.3) is 11.1 Å². The Morgan fingerprint density at radius 1 is 0.944 bits per heavy atom. The first-order valence-corrected chi connectivity index (χ1v) is 6.97. The lowest BCUT2D eigenvalue weighted by atomic mass is 10.1. The number of rotatable bonds is 4. The molecule has 1 heterocycles. The highest BCUT2D eigenvalue weighted by Crippen LogP contribution is 2.43. The zero-order valence-corrected chi connectivity index (χ0v) is 12.7. The van der Waals surface area contributed by atoms with Crippen molar-refractivity contribution in [3.05, 3.63) is 27.4 Å². The summed E-state index contributed by atoms with van der Waals surface area (Å²) in [6.07, 6.45) is 0. The SMILES string of the molecule is COc1cc(-c2cscc2Br)cc(OC)c1OC. The molecule has 5 heteroatoms. The predicted molar refractivity (Wildman–Crippen MR) is 77.1 cm³/mol. The number of methoxy groups -OCH3 is 3. The number of hydrogen-bond donors (Lipinski definition) is 0. The molecule has 2 aromatic rings. The van der Waals surface area contributed by atoms with Gasteiger partial charge in [0.15, 0.2) is 11.5 Å². The van der Waals surface area contributed by atoms with Gasteiger partial charge < -0.3 is 14.2 Å². The van der Waals surface area contributed by atoms with Crippen molar-refractivity contribution in [3.8, 4) is 28.4 Å². The van der Waals surface area contributed by atoms with Crippen molar-refractivity contribution in [1.82, 2.24) is 0 Å². The van der Waals surface area contributed by atoms with Crippen LogP contribution < -0.4 is 14.2 Å². The summed E-state index contributed by atoms with van der Waals surface area (Å²) in [5.74, 6) is 1.92. The molecule has 2 rings (SSSR count). The predicted octanol–water partition coefficient (Wildman–Crippen LogP) is 4.20. The molecule has 0 unspecified atom stereocenters. The van der Waals surface area contributed by atoms with E-state index in [9.17, 15) is 0 Å². The third-order valence-corrected chi connectivity index (χ3v) is 4.29. The lowest BCUT2D eigenvalue weighted by molar-refractivity contribution is 0.324. The van der Waals surface area contributed by atoms with E-state index >= 15 is 0 Å². The fraction of sp³-hybridized carbons (Fsp3) is 0.231. The second kappa shape index (κ2) is 5.63. The van der Waals surface area contributed by atoms with Crippen molar-refractivity contribution < 1.29 is 14.2 Å². The Kier molecular flexibility index (Phi) is 4.14. The second-order valence-corrected chi connectivity index (χ2v) is 5.15. The number of benzene rings is 1. The summed E-state index contributed by atoms with van der Waals surface area (Å²) >= 11 is 5.17. The standard InChI is InChI=1S/C13H13BrO3S/c1-15-11-4-8(9-6-18-7-10(9)14)5-12(16-2)13(11)17-3/h4-7H,1-3H3. The van der Waals surface area contributed by atoms with Gasteiger partial charge >= 0.3 is 0 Å². The van der Waals surface area contributed by atoms with Crippen LogP contribution in [-0.2, 0) is 0 Å². The van der Waals surface area contributed by atoms with E-state index in [4.69, 9.17) is 14.2 Å². The van der Waals surface area contributed by atoms with Crippen LogP contribution >= 0.6 is 27.3 Å². The molecule has 0 bridgehead atoms. The van der Waals surface area contributed by atoms with Gasteiger partial charge in [0.1, 0.15) is 0 Å². The maximum Gasteiger partial charge on any atom is 0.203 e. The van der Waals surface area contributed by atoms with Crippen molar-refractivity contribution in [2.24, 2.45) is 0 Å². The van der Waals surface area contributed by atoms with Crippen molar-refractivity contribution in [3.63, 3.8) is 0 Å². The average molecular weight is 329 g/mol. The van der Waals surface area contributed by atoms with Gasteiger partial charge in [-0.2, -0.15) is 11.3 Å². The summed E-state index contributed by atoms with van der Waals surface area (Å²) in [5, 5.41) is 4.11. The molecule has 0 aliphatic carbocycles. The monoisotopic (exact) mass is 328 g/mol. The van der Waals surface area contributed by atoms with Crippen LogP contribution in [-0.4, -0.2) is 21.3 Å². The Balaban J connectivity index is 2.60. The molecule has 0 N–H and O–H groups in total. The molecule has 0 amide bonds. The van der Waals surface area contributed by atoms with Crippen LogP contribution in [0.15, 0.2) is 27.4 Å². The molecule has 1 aromatic carbocycles. The summed E-state index contributed by atoms with van der Waals surface area (Å²) < 4.78 is 17.0. The van der Waals surface area contributed by atoms with Crippen LogP contribution in [0.4, 0.5) is 0 Å². The molecular weight excluding hydrogens is 316 g/mol. The molecule has 0 saturated heterocycles. The van der Waals surface area contributed by atoms with Crippen LogP contribution in [0.5, 0.6) is 17.2 Å². The van der Waals surface area contributed by atoms with Crippen LogP contribution in [0, 0.1) is 0 Å². The summed E-state index contributed by atoms with van der Waals surface area (Å²) in [6, 6.07) is 3.88. The second-order valence-electron chi connectivity index (χ2n) is 3.55. The Morgan fingerprint density at radius 3 is 1.94 bits per heavy atom. The minimum atomic E-state index is 0.607. The van der Waals surface area contributed by atoms with E-state index < -0.39 is 0 Å². The van der Waals surface area contributed by atoms with E-state index in [-0.39, 0.29) is 0 Å². The molecule has 1 aromatic heterocycles. The molecule has 18 heavy (non-hydrogen) atoms. The first kappa shape index (κ1) is 13.2. The molecular formula is C13H13BrO3S. The summed E-state index contributed by atoms with van der Waals surface area (Å²) in [7, 11) is 4.83. The highest BCUT2D eigenvalue weighted by molar-refractivity contribution is 9.10. The van der Waals surface area contributed by atoms with Gasteiger partial charge in [0, 0.05) is 15.4 Å². The maximum absolute atomic E-state index is 5.34. The van der Waals surface area contributed by atoms with Crippen LogP contribution in [0.2, 0.25) is 0 Å². The number of halogens is 1. The molecule has 0 saturated carbocycles. The maximum atomic E-state index is 5.34. The number of hydrogen-bond acceptors (Lipinski definition) is 4. The molecule has 3 nitrogen and oxygen atoms in total. The molecule has 96 valence electrons. The van der Waals surface area contributed by atoms with E-state index in [1.165, 1.54) is 0 Å². The van der Waals surface area contributed by atoms with Gasteiger partial charge in [-0.1, -0.05) is 0 Å². The normalized spacial score (nSPS) is 10.2. The summed E-state index contributed by atoms with van der Waals surface area (Å²) in [5.41, 5.74) is 2.14. The van der Waals surface area contributed by atoms with Crippen molar-refractivity contribution in [2.45, 2.75) is 0 Å². The molecule has 0 radical (unpaired) electrons. The molecule has 0 aliphatic rings. The van der Waals surface area contributed by atoms with Crippen molar-refractivity contribution >= 4 is 27.3 Å². The van der Waals surface area contributed by atoms with Gasteiger partial charge in [0.2, 0.25) is 5.75 Å². The van der Waals surface area contributed by atoms with Gasteiger partial charge in [-0.25, -0.2) is 0 Å². The molecule has 0 atom stereocenters. The molecule has 0 fully saturated rings. The fourth-order valence-electron chi connectivity index (χ4n) is 1.72. The Bertz CT molecular complexity index is 526. The van der Waals surface area contributed by atoms with Crippen molar-refractivity contribution in [2.75, 3.05) is 21.3 Å². The lowest BCUT2D eigenvalue weighted by Gasteiger charge is -2.13. The average Bonchev–Trinajstić information content (AvgIpc) is 2.83. The third kappa shape index (κ3) is 2.33. The number of ether oxygens (including phenoxy) is 3. The Morgan fingerprint density at radius 2 is 1.56 bits per heavy atom. The lowest BCUT2D eigenvalue weighted by Crippen LogP contribution is -1.95. The quantitative estimate of drug-likeness (QED) is 0.841. The number of thiophene rings is 1. The van der Waals surface area contributed by atoms with Crippen LogP contribution in [0.1, 0.15) is 0 Å². The van der Waals surface area contributed by atoms with E-state index in [0.29, 0.717) is 17.2 Å². The van der Waals surface area contributed by atoms with E-state index in [1.807, 2.05) is 17.5 Å². The zero-order chi connectivity index (χ0) is 13.1. The topological polar surface area (TPSA) is 27.7 Å². The van der Waals surface area contributed by atoms with Crippen LogP contribution in [0.3, 0.4) is 0 Å². The minimum absolute atomic E-state index is 0.607. The van der Waals surface area contributed by atoms with Gasteiger partial charge in [-0.3, -0.25) is 0 Å². The van der Waals surface area contributed by atoms with Crippen molar-refractivity contribution in [1.29, 1.82) is 0 Å². The summed E-state index contributed by atoms with van der Waals surface area (Å²) in [4.78, 5) is 0.